The zero-order chi connectivity index (χ0) is 13.9. The van der Waals surface area contributed by atoms with Crippen LogP contribution in [0.25, 0.3) is 10.9 Å². The number of ether oxygens (including phenoxy) is 1. The molecule has 4 heteroatoms. The third-order valence-corrected chi connectivity index (χ3v) is 3.55. The molecule has 4 nitrogen and oxygen atoms in total. The highest BCUT2D eigenvalue weighted by Gasteiger charge is 2.08. The summed E-state index contributed by atoms with van der Waals surface area (Å²) in [6, 6.07) is 8.31. The number of aryl methyl sites for hydroxylation is 1. The normalized spacial score (nSPS) is 11.1. The van der Waals surface area contributed by atoms with E-state index in [9.17, 15) is 0 Å². The molecule has 0 N–H and O–H groups in total. The minimum atomic E-state index is 0.687. The van der Waals surface area contributed by atoms with Crippen LogP contribution in [0.2, 0.25) is 0 Å². The van der Waals surface area contributed by atoms with Crippen LogP contribution in [0.15, 0.2) is 43.0 Å². The van der Waals surface area contributed by atoms with Crippen molar-refractivity contribution in [2.75, 3.05) is 6.61 Å². The van der Waals surface area contributed by atoms with E-state index in [1.807, 2.05) is 31.6 Å². The Bertz CT molecular complexity index is 711. The fraction of sp³-hybridized carbons (Fsp3) is 0.312. The van der Waals surface area contributed by atoms with E-state index in [1.165, 1.54) is 11.2 Å². The van der Waals surface area contributed by atoms with Crippen LogP contribution >= 0.6 is 0 Å². The Balaban J connectivity index is 1.99. The number of hydrogen-bond donors (Lipinski definition) is 0. The van der Waals surface area contributed by atoms with Gasteiger partial charge in [0.15, 0.2) is 0 Å². The van der Waals surface area contributed by atoms with Crippen molar-refractivity contribution in [3.8, 4) is 5.75 Å². The quantitative estimate of drug-likeness (QED) is 0.711. The third-order valence-electron chi connectivity index (χ3n) is 3.55. The molecular formula is C16H19N3O. The Kier molecular flexibility index (Phi) is 3.46. The topological polar surface area (TPSA) is 32.0 Å². The van der Waals surface area contributed by atoms with Crippen molar-refractivity contribution in [2.24, 2.45) is 0 Å². The average Bonchev–Trinajstić information content (AvgIpc) is 3.07. The molecule has 1 aromatic carbocycles. The SMILES string of the molecule is CCOc1cccc2c1ccn2Cc1cncn1CC. The van der Waals surface area contributed by atoms with Gasteiger partial charge in [-0.3, -0.25) is 0 Å². The van der Waals surface area contributed by atoms with Crippen LogP contribution in [-0.4, -0.2) is 20.7 Å². The predicted octanol–water partition coefficient (Wildman–Crippen LogP) is 3.30. The maximum atomic E-state index is 5.68. The molecule has 0 atom stereocenters. The molecule has 0 aliphatic carbocycles. The first-order chi connectivity index (χ1) is 9.83. The molecule has 0 radical (unpaired) electrons. The zero-order valence-electron chi connectivity index (χ0n) is 11.9. The van der Waals surface area contributed by atoms with Crippen LogP contribution in [0, 0.1) is 0 Å². The lowest BCUT2D eigenvalue weighted by Crippen LogP contribution is -2.05. The second-order valence-corrected chi connectivity index (χ2v) is 4.74. The molecule has 2 aromatic heterocycles. The number of fused-ring (bicyclic) bond motifs is 1. The molecule has 0 unspecified atom stereocenters. The molecule has 0 aliphatic heterocycles. The molecule has 3 rings (SSSR count). The van der Waals surface area contributed by atoms with Crippen molar-refractivity contribution in [1.29, 1.82) is 0 Å². The lowest BCUT2D eigenvalue weighted by Gasteiger charge is -2.09. The Hall–Kier alpha value is -2.23. The Morgan fingerprint density at radius 2 is 2.05 bits per heavy atom. The van der Waals surface area contributed by atoms with E-state index < -0.39 is 0 Å². The minimum absolute atomic E-state index is 0.687. The molecule has 0 saturated carbocycles. The van der Waals surface area contributed by atoms with E-state index in [4.69, 9.17) is 4.74 Å². The van der Waals surface area contributed by atoms with Crippen molar-refractivity contribution in [1.82, 2.24) is 14.1 Å². The third kappa shape index (κ3) is 2.18. The fourth-order valence-corrected chi connectivity index (χ4v) is 2.55. The molecule has 104 valence electrons. The van der Waals surface area contributed by atoms with Gasteiger partial charge < -0.3 is 13.9 Å². The number of benzene rings is 1. The highest BCUT2D eigenvalue weighted by Crippen LogP contribution is 2.27. The van der Waals surface area contributed by atoms with E-state index in [0.29, 0.717) is 6.61 Å². The van der Waals surface area contributed by atoms with Crippen LogP contribution in [0.1, 0.15) is 19.5 Å². The standard InChI is InChI=1S/C16H19N3O/c1-3-18-12-17-10-13(18)11-19-9-8-14-15(19)6-5-7-16(14)20-4-2/h5-10,12H,3-4,11H2,1-2H3. The Morgan fingerprint density at radius 3 is 2.85 bits per heavy atom. The van der Waals surface area contributed by atoms with Crippen LogP contribution in [0.4, 0.5) is 0 Å². The molecule has 20 heavy (non-hydrogen) atoms. The Labute approximate surface area is 118 Å². The second-order valence-electron chi connectivity index (χ2n) is 4.74. The fourth-order valence-electron chi connectivity index (χ4n) is 2.55. The van der Waals surface area contributed by atoms with Gasteiger partial charge in [-0.2, -0.15) is 0 Å². The van der Waals surface area contributed by atoms with Crippen molar-refractivity contribution in [2.45, 2.75) is 26.9 Å². The summed E-state index contributed by atoms with van der Waals surface area (Å²) < 4.78 is 10.1. The molecule has 0 fully saturated rings. The van der Waals surface area contributed by atoms with Crippen molar-refractivity contribution in [3.63, 3.8) is 0 Å². The molecule has 0 amide bonds. The van der Waals surface area contributed by atoms with Crippen LogP contribution in [-0.2, 0) is 13.1 Å². The highest BCUT2D eigenvalue weighted by molar-refractivity contribution is 5.86. The molecule has 2 heterocycles. The summed E-state index contributed by atoms with van der Waals surface area (Å²) in [4.78, 5) is 4.23. The van der Waals surface area contributed by atoms with Gasteiger partial charge in [0.1, 0.15) is 5.75 Å². The summed E-state index contributed by atoms with van der Waals surface area (Å²) in [5, 5.41) is 1.16. The largest absolute Gasteiger partial charge is 0.493 e. The summed E-state index contributed by atoms with van der Waals surface area (Å²) in [6.45, 7) is 6.60. The summed E-state index contributed by atoms with van der Waals surface area (Å²) >= 11 is 0. The first-order valence-electron chi connectivity index (χ1n) is 7.03. The number of imidazole rings is 1. The van der Waals surface area contributed by atoms with E-state index in [1.54, 1.807) is 0 Å². The molecular weight excluding hydrogens is 250 g/mol. The lowest BCUT2D eigenvalue weighted by molar-refractivity contribution is 0.344. The predicted molar refractivity (Wildman–Crippen MR) is 80.1 cm³/mol. The molecule has 0 bridgehead atoms. The highest BCUT2D eigenvalue weighted by atomic mass is 16.5. The van der Waals surface area contributed by atoms with Crippen molar-refractivity contribution >= 4 is 10.9 Å². The van der Waals surface area contributed by atoms with Gasteiger partial charge in [0.2, 0.25) is 0 Å². The van der Waals surface area contributed by atoms with Gasteiger partial charge in [-0.25, -0.2) is 4.98 Å². The number of nitrogens with zero attached hydrogens (tertiary/aromatic N) is 3. The Morgan fingerprint density at radius 1 is 1.15 bits per heavy atom. The first kappa shape index (κ1) is 12.8. The second kappa shape index (κ2) is 5.41. The lowest BCUT2D eigenvalue weighted by atomic mass is 10.2. The van der Waals surface area contributed by atoms with Crippen molar-refractivity contribution < 1.29 is 4.74 Å². The molecule has 3 aromatic rings. The first-order valence-corrected chi connectivity index (χ1v) is 7.03. The maximum Gasteiger partial charge on any atom is 0.128 e. The van der Waals surface area contributed by atoms with E-state index in [-0.39, 0.29) is 0 Å². The smallest absolute Gasteiger partial charge is 0.128 e. The van der Waals surface area contributed by atoms with Crippen LogP contribution < -0.4 is 4.74 Å². The molecule has 0 saturated heterocycles. The average molecular weight is 269 g/mol. The van der Waals surface area contributed by atoms with Gasteiger partial charge in [0.25, 0.3) is 0 Å². The van der Waals surface area contributed by atoms with Gasteiger partial charge >= 0.3 is 0 Å². The summed E-state index contributed by atoms with van der Waals surface area (Å²) in [6.07, 6.45) is 5.93. The van der Waals surface area contributed by atoms with Gasteiger partial charge in [-0.05, 0) is 32.0 Å². The van der Waals surface area contributed by atoms with Gasteiger partial charge in [0.05, 0.1) is 30.7 Å². The number of hydrogen-bond acceptors (Lipinski definition) is 2. The summed E-state index contributed by atoms with van der Waals surface area (Å²) in [7, 11) is 0. The summed E-state index contributed by atoms with van der Waals surface area (Å²) in [5.41, 5.74) is 2.41. The number of rotatable bonds is 5. The van der Waals surface area contributed by atoms with E-state index >= 15 is 0 Å². The van der Waals surface area contributed by atoms with E-state index in [2.05, 4.69) is 39.4 Å². The van der Waals surface area contributed by atoms with E-state index in [0.717, 1.165) is 24.2 Å². The van der Waals surface area contributed by atoms with Crippen LogP contribution in [0.3, 0.4) is 0 Å². The van der Waals surface area contributed by atoms with Gasteiger partial charge in [-0.1, -0.05) is 6.07 Å². The zero-order valence-corrected chi connectivity index (χ0v) is 11.9. The monoisotopic (exact) mass is 269 g/mol. The maximum absolute atomic E-state index is 5.68. The summed E-state index contributed by atoms with van der Waals surface area (Å²) in [5.74, 6) is 0.952. The number of aromatic nitrogens is 3. The van der Waals surface area contributed by atoms with Crippen LogP contribution in [0.5, 0.6) is 5.75 Å². The molecule has 0 spiro atoms. The van der Waals surface area contributed by atoms with Gasteiger partial charge in [-0.15, -0.1) is 0 Å². The molecule has 0 aliphatic rings. The van der Waals surface area contributed by atoms with Crippen molar-refractivity contribution in [3.05, 3.63) is 48.7 Å². The minimum Gasteiger partial charge on any atom is -0.493 e. The van der Waals surface area contributed by atoms with Gasteiger partial charge in [0, 0.05) is 24.3 Å².